The van der Waals surface area contributed by atoms with Crippen LogP contribution in [0.15, 0.2) is 106 Å². The molecule has 2 N–H and O–H groups in total. The Hall–Kier alpha value is -3.64. The van der Waals surface area contributed by atoms with Gasteiger partial charge in [0, 0.05) is 28.9 Å². The maximum atomic E-state index is 10.7. The van der Waals surface area contributed by atoms with Gasteiger partial charge in [-0.1, -0.05) is 189 Å². The van der Waals surface area contributed by atoms with Gasteiger partial charge in [-0.2, -0.15) is 0 Å². The zero-order chi connectivity index (χ0) is 54.4. The van der Waals surface area contributed by atoms with Gasteiger partial charge in [-0.05, 0) is 165 Å². The van der Waals surface area contributed by atoms with Crippen molar-refractivity contribution < 1.29 is 24.4 Å². The van der Waals surface area contributed by atoms with Gasteiger partial charge in [0.15, 0.2) is 0 Å². The molecule has 1 aromatic carbocycles. The Labute approximate surface area is 452 Å². The molecule has 0 bridgehead atoms. The summed E-state index contributed by atoms with van der Waals surface area (Å²) in [7, 11) is 0. The Morgan fingerprint density at radius 1 is 0.662 bits per heavy atom. The molecule has 410 valence electrons. The second-order valence-electron chi connectivity index (χ2n) is 26.9. The number of hydrogen-bond donors (Lipinski definition) is 2. The summed E-state index contributed by atoms with van der Waals surface area (Å²) in [5.74, 6) is 4.69. The predicted octanol–water partition coefficient (Wildman–Crippen LogP) is 18.0. The number of fused-ring (bicyclic) bond motifs is 4. The van der Waals surface area contributed by atoms with Crippen molar-refractivity contribution in [2.75, 3.05) is 0 Å². The van der Waals surface area contributed by atoms with Gasteiger partial charge in [-0.15, -0.1) is 0 Å². The van der Waals surface area contributed by atoms with Crippen LogP contribution in [0, 0.1) is 48.3 Å². The van der Waals surface area contributed by atoms with Crippen molar-refractivity contribution in [3.63, 3.8) is 0 Å². The number of aliphatic hydroxyl groups excluding tert-OH is 2. The van der Waals surface area contributed by atoms with Gasteiger partial charge in [0.2, 0.25) is 0 Å². The summed E-state index contributed by atoms with van der Waals surface area (Å²) in [6.07, 6.45) is 43.5. The van der Waals surface area contributed by atoms with Gasteiger partial charge in [-0.25, -0.2) is 0 Å². The molecule has 3 aliphatic heterocycles. The normalized spacial score (nSPS) is 30.3. The zero-order valence-electron chi connectivity index (χ0n) is 49.9. The summed E-state index contributed by atoms with van der Waals surface area (Å²) >= 11 is 0. The van der Waals surface area contributed by atoms with E-state index in [0.29, 0.717) is 6.42 Å². The van der Waals surface area contributed by atoms with E-state index in [-0.39, 0.29) is 51.9 Å². The van der Waals surface area contributed by atoms with E-state index >= 15 is 0 Å². The van der Waals surface area contributed by atoms with Crippen molar-refractivity contribution in [3.05, 3.63) is 129 Å². The standard InChI is InChI=1S/C69H104O5/c1-46(2)24-20-26-48(4)28-21-29-49(5)31-23-37-67(16)38-36-59-60-42-56(40-51(7)35-39-69-66(14,15)44-58(71)45-68(69,17)74-69)62(72-63(60)54(10)55(11)64(59)73-67)52(8)32-19-18-25-47(3)27-22-30-50(6)33-34-61-53(9)41-57(70)43-65(61,12)13/h18-19,22,25,27,30,32-35,39-40,46,48-49,56-58,62,70-71H,20-21,23-24,26,28-29,31,36-38,41-45H2,1-17H3. The fourth-order valence-electron chi connectivity index (χ4n) is 13.7. The van der Waals surface area contributed by atoms with Gasteiger partial charge in [0.1, 0.15) is 34.4 Å². The average Bonchev–Trinajstić information content (AvgIpc) is 3.93. The van der Waals surface area contributed by atoms with Crippen LogP contribution in [-0.4, -0.2) is 45.3 Å². The average molecular weight is 1010 g/mol. The molecule has 0 amide bonds. The molecule has 9 unspecified atom stereocenters. The molecule has 0 spiro atoms. The van der Waals surface area contributed by atoms with Gasteiger partial charge in [-0.3, -0.25) is 0 Å². The monoisotopic (exact) mass is 1010 g/mol. The summed E-state index contributed by atoms with van der Waals surface area (Å²) in [5.41, 5.74) is 11.4. The lowest BCUT2D eigenvalue weighted by molar-refractivity contribution is 0.0502. The lowest BCUT2D eigenvalue weighted by Gasteiger charge is -2.41. The number of ether oxygens (including phenoxy) is 3. The summed E-state index contributed by atoms with van der Waals surface area (Å²) in [4.78, 5) is 0. The largest absolute Gasteiger partial charge is 0.487 e. The lowest BCUT2D eigenvalue weighted by atomic mass is 9.63. The van der Waals surface area contributed by atoms with Crippen molar-refractivity contribution in [2.45, 2.75) is 256 Å². The van der Waals surface area contributed by atoms with E-state index in [9.17, 15) is 10.2 Å². The third-order valence-electron chi connectivity index (χ3n) is 18.3. The summed E-state index contributed by atoms with van der Waals surface area (Å²) in [6, 6.07) is 0. The lowest BCUT2D eigenvalue weighted by Crippen LogP contribution is -2.46. The fraction of sp³-hybridized carbons (Fsp3) is 0.652. The molecule has 5 aliphatic rings. The van der Waals surface area contributed by atoms with Crippen LogP contribution in [0.3, 0.4) is 0 Å². The van der Waals surface area contributed by atoms with Crippen molar-refractivity contribution >= 4 is 0 Å². The first-order valence-electron chi connectivity index (χ1n) is 29.4. The number of benzene rings is 1. The van der Waals surface area contributed by atoms with Gasteiger partial charge in [0.25, 0.3) is 0 Å². The van der Waals surface area contributed by atoms with Gasteiger partial charge >= 0.3 is 0 Å². The molecule has 6 rings (SSSR count). The highest BCUT2D eigenvalue weighted by Crippen LogP contribution is 2.66. The smallest absolute Gasteiger partial charge is 0.127 e. The van der Waals surface area contributed by atoms with E-state index in [0.717, 1.165) is 74.2 Å². The van der Waals surface area contributed by atoms with E-state index in [4.69, 9.17) is 14.2 Å². The van der Waals surface area contributed by atoms with Crippen molar-refractivity contribution in [2.24, 2.45) is 34.5 Å². The number of rotatable bonds is 22. The third-order valence-corrected chi connectivity index (χ3v) is 18.3. The molecule has 0 radical (unpaired) electrons. The van der Waals surface area contributed by atoms with Crippen LogP contribution in [0.2, 0.25) is 0 Å². The number of allylic oxidation sites excluding steroid dienone is 14. The van der Waals surface area contributed by atoms with Crippen molar-refractivity contribution in [1.29, 1.82) is 0 Å². The number of aliphatic hydroxyl groups is 2. The van der Waals surface area contributed by atoms with E-state index in [1.807, 2.05) is 0 Å². The Morgan fingerprint density at radius 2 is 1.28 bits per heavy atom. The van der Waals surface area contributed by atoms with Crippen LogP contribution < -0.4 is 9.47 Å². The summed E-state index contributed by atoms with van der Waals surface area (Å²) in [5, 5.41) is 21.0. The summed E-state index contributed by atoms with van der Waals surface area (Å²) < 4.78 is 21.1. The second kappa shape index (κ2) is 24.8. The molecule has 2 aliphatic carbocycles. The van der Waals surface area contributed by atoms with E-state index < -0.39 is 0 Å². The van der Waals surface area contributed by atoms with Crippen molar-refractivity contribution in [1.82, 2.24) is 0 Å². The molecule has 74 heavy (non-hydrogen) atoms. The Morgan fingerprint density at radius 3 is 1.95 bits per heavy atom. The first kappa shape index (κ1) is 59.6. The maximum absolute atomic E-state index is 10.7. The molecule has 1 saturated carbocycles. The first-order valence-corrected chi connectivity index (χ1v) is 29.4. The van der Waals surface area contributed by atoms with E-state index in [1.165, 1.54) is 107 Å². The van der Waals surface area contributed by atoms with Gasteiger partial charge in [0.05, 0.1) is 12.2 Å². The van der Waals surface area contributed by atoms with Crippen LogP contribution in [0.25, 0.3) is 0 Å². The second-order valence-corrected chi connectivity index (χ2v) is 26.9. The molecule has 3 heterocycles. The topological polar surface area (TPSA) is 71.5 Å². The number of epoxide rings is 1. The maximum Gasteiger partial charge on any atom is 0.127 e. The van der Waals surface area contributed by atoms with Crippen LogP contribution in [-0.2, 0) is 17.6 Å². The first-order chi connectivity index (χ1) is 34.7. The highest BCUT2D eigenvalue weighted by molar-refractivity contribution is 5.61. The van der Waals surface area contributed by atoms with Crippen LogP contribution in [0.1, 0.15) is 216 Å². The molecular formula is C69H104O5. The third kappa shape index (κ3) is 14.7. The van der Waals surface area contributed by atoms with Gasteiger partial charge < -0.3 is 24.4 Å². The SMILES string of the molecule is CC(C=CC=C(C)C=CC1=C(C)CC(O)CC1(C)C)=CC=CC=C(C)C1Oc2c(C)c(C)c3c(c2CC1C=C(C)C=CC12OC1(C)CC(O)CC2(C)C)CCC(C)(CCCC(C)CCCC(C)CCCC(C)C)O3. The molecule has 9 atom stereocenters. The van der Waals surface area contributed by atoms with Crippen LogP contribution in [0.4, 0.5) is 0 Å². The molecule has 1 saturated heterocycles. The minimum atomic E-state index is -0.382. The quantitative estimate of drug-likeness (QED) is 0.0894. The molecular weight excluding hydrogens is 909 g/mol. The van der Waals surface area contributed by atoms with Crippen LogP contribution in [0.5, 0.6) is 11.5 Å². The minimum absolute atomic E-state index is 0.0268. The highest BCUT2D eigenvalue weighted by atomic mass is 16.6. The van der Waals surface area contributed by atoms with Crippen molar-refractivity contribution in [3.8, 4) is 11.5 Å². The molecule has 5 heteroatoms. The molecule has 5 nitrogen and oxygen atoms in total. The Balaban J connectivity index is 1.17. The zero-order valence-corrected chi connectivity index (χ0v) is 49.9. The molecule has 1 aromatic rings. The van der Waals surface area contributed by atoms with E-state index in [2.05, 4.69) is 191 Å². The fourth-order valence-corrected chi connectivity index (χ4v) is 13.7. The Bertz CT molecular complexity index is 2410. The number of hydrogen-bond acceptors (Lipinski definition) is 5. The van der Waals surface area contributed by atoms with Crippen LogP contribution >= 0.6 is 0 Å². The predicted molar refractivity (Wildman–Crippen MR) is 314 cm³/mol. The minimum Gasteiger partial charge on any atom is -0.487 e. The molecule has 2 fully saturated rings. The highest BCUT2D eigenvalue weighted by Gasteiger charge is 2.74. The molecule has 0 aromatic heterocycles. The van der Waals surface area contributed by atoms with E-state index in [1.54, 1.807) is 0 Å². The Kier molecular flexibility index (Phi) is 20.0. The summed E-state index contributed by atoms with van der Waals surface area (Å²) in [6.45, 7) is 38.4.